The van der Waals surface area contributed by atoms with Crippen LogP contribution < -0.4 is 21.7 Å². The van der Waals surface area contributed by atoms with Crippen molar-refractivity contribution in [3.8, 4) is 0 Å². The maximum Gasteiger partial charge on any atom is 0.352 e. The van der Waals surface area contributed by atoms with Crippen molar-refractivity contribution >= 4 is 63.1 Å². The van der Waals surface area contributed by atoms with Gasteiger partial charge < -0.3 is 32.0 Å². The molecule has 7 N–H and O–H groups in total. The molecular weight excluding hydrogens is 603 g/mol. The lowest BCUT2D eigenvalue weighted by molar-refractivity contribution is -0.150. The number of aromatic nitrogens is 1. The number of fused-ring (bicyclic) bond motifs is 1. The summed E-state index contributed by atoms with van der Waals surface area (Å²) in [6, 6.07) is 16.0. The van der Waals surface area contributed by atoms with Crippen LogP contribution in [0.5, 0.6) is 0 Å². The van der Waals surface area contributed by atoms with Crippen molar-refractivity contribution in [1.29, 1.82) is 0 Å². The molecule has 2 atom stereocenters. The van der Waals surface area contributed by atoms with Crippen LogP contribution in [0, 0.1) is 13.8 Å². The second-order valence-electron chi connectivity index (χ2n) is 9.85. The van der Waals surface area contributed by atoms with E-state index in [9.17, 15) is 19.5 Å². The predicted octanol–water partition coefficient (Wildman–Crippen LogP) is 3.66. The number of carbonyl (C=O) groups is 3. The van der Waals surface area contributed by atoms with Gasteiger partial charge in [0.1, 0.15) is 22.8 Å². The lowest BCUT2D eigenvalue weighted by atomic mass is 10.0. The van der Waals surface area contributed by atoms with Gasteiger partial charge in [-0.3, -0.25) is 14.5 Å². The molecule has 12 nitrogen and oxygen atoms in total. The van der Waals surface area contributed by atoms with Crippen molar-refractivity contribution in [2.75, 3.05) is 35.2 Å². The summed E-state index contributed by atoms with van der Waals surface area (Å²) in [5, 5.41) is 31.7. The Balaban J connectivity index is 0.000000215. The number of benzene rings is 2. The maximum absolute atomic E-state index is 12.4. The first-order valence-electron chi connectivity index (χ1n) is 13.5. The van der Waals surface area contributed by atoms with Crippen molar-refractivity contribution in [3.63, 3.8) is 0 Å². The van der Waals surface area contributed by atoms with E-state index in [1.807, 2.05) is 0 Å². The number of nitrogens with zero attached hydrogens (tertiary/aromatic N) is 3. The highest BCUT2D eigenvalue weighted by atomic mass is 32.2. The number of anilines is 3. The van der Waals surface area contributed by atoms with Gasteiger partial charge >= 0.3 is 5.97 Å². The monoisotopic (exact) mass is 635 g/mol. The van der Waals surface area contributed by atoms with E-state index in [0.29, 0.717) is 11.3 Å². The summed E-state index contributed by atoms with van der Waals surface area (Å²) < 4.78 is 0. The number of nitrogens with one attached hydrogen (secondary N) is 3. The number of β-lactam (4-membered cyclic amide) rings is 1. The molecule has 0 aliphatic carbocycles. The van der Waals surface area contributed by atoms with Crippen LogP contribution in [0.25, 0.3) is 0 Å². The number of carboxylic acids is 1. The third-order valence-corrected chi connectivity index (χ3v) is 8.68. The van der Waals surface area contributed by atoms with Gasteiger partial charge in [0, 0.05) is 35.6 Å². The summed E-state index contributed by atoms with van der Waals surface area (Å²) in [6.07, 6.45) is 1.40. The average molecular weight is 636 g/mol. The Labute approximate surface area is 262 Å². The Hall–Kier alpha value is -4.82. The fourth-order valence-electron chi connectivity index (χ4n) is 4.38. The topological polar surface area (TPSA) is 182 Å². The lowest BCUT2D eigenvalue weighted by Crippen LogP contribution is -2.71. The van der Waals surface area contributed by atoms with Gasteiger partial charge in [-0.15, -0.1) is 23.1 Å². The van der Waals surface area contributed by atoms with Crippen molar-refractivity contribution in [1.82, 2.24) is 15.2 Å². The molecule has 2 aliphatic rings. The number of oxime groups is 1. The zero-order chi connectivity index (χ0) is 31.8. The molecule has 1 aromatic heterocycles. The number of hydrogen-bond donors (Lipinski definition) is 6. The molecule has 1 fully saturated rings. The van der Waals surface area contributed by atoms with Crippen molar-refractivity contribution < 1.29 is 24.7 Å². The number of aliphatic carboxylic acids is 1. The number of hydrogen-bond acceptors (Lipinski definition) is 11. The van der Waals surface area contributed by atoms with Crippen LogP contribution in [0.2, 0.25) is 0 Å². The quantitative estimate of drug-likeness (QED) is 0.0632. The standard InChI is InChI=1S/C16H20N2.C14H13N5O5S2/c1-13-3-7-15(8-4-13)17-11-12-18-16-9-5-14(2)6-10-16;1-2-5-3-25-12-8(11(21)19(12)9(5)13(22)23)17-10(20)7(18-24)6-4-26-14(15)16-6/h3-10,17-18H,11-12H2,1-2H3;2,4,8,12,24H,1,3H2,(H2,15,16)(H,17,20)(H,22,23)/b;18-7-/t;8-,12-/m.1/s1. The van der Waals surface area contributed by atoms with Gasteiger partial charge in [0.2, 0.25) is 0 Å². The molecule has 0 spiro atoms. The van der Waals surface area contributed by atoms with E-state index in [1.54, 1.807) is 0 Å². The third-order valence-electron chi connectivity index (χ3n) is 6.70. The highest BCUT2D eigenvalue weighted by molar-refractivity contribution is 8.00. The van der Waals surface area contributed by atoms with E-state index in [2.05, 4.69) is 95.0 Å². The van der Waals surface area contributed by atoms with Crippen LogP contribution in [0.1, 0.15) is 16.8 Å². The van der Waals surface area contributed by atoms with E-state index in [0.717, 1.165) is 29.3 Å². The van der Waals surface area contributed by atoms with Gasteiger partial charge in [-0.25, -0.2) is 9.78 Å². The van der Waals surface area contributed by atoms with Gasteiger partial charge in [-0.1, -0.05) is 53.2 Å². The fourth-order valence-corrected chi connectivity index (χ4v) is 6.26. The summed E-state index contributed by atoms with van der Waals surface area (Å²) in [5.41, 5.74) is 10.4. The molecule has 0 bridgehead atoms. The van der Waals surface area contributed by atoms with Gasteiger partial charge in [-0.2, -0.15) is 0 Å². The van der Waals surface area contributed by atoms with E-state index in [1.165, 1.54) is 45.7 Å². The number of nitrogens with two attached hydrogens (primary N) is 1. The molecule has 44 heavy (non-hydrogen) atoms. The molecule has 1 saturated heterocycles. The molecule has 5 rings (SSSR count). The van der Waals surface area contributed by atoms with Crippen LogP contribution >= 0.6 is 23.1 Å². The minimum absolute atomic E-state index is 0.0764. The van der Waals surface area contributed by atoms with Gasteiger partial charge in [0.25, 0.3) is 11.8 Å². The van der Waals surface area contributed by atoms with Crippen LogP contribution in [-0.4, -0.2) is 74.0 Å². The zero-order valence-electron chi connectivity index (χ0n) is 24.1. The normalized spacial score (nSPS) is 17.5. The summed E-state index contributed by atoms with van der Waals surface area (Å²) in [4.78, 5) is 41.2. The minimum Gasteiger partial charge on any atom is -0.477 e. The second-order valence-corrected chi connectivity index (χ2v) is 11.8. The zero-order valence-corrected chi connectivity index (χ0v) is 25.7. The number of carboxylic acid groups (broad SMARTS) is 1. The lowest BCUT2D eigenvalue weighted by Gasteiger charge is -2.49. The maximum atomic E-state index is 12.4. The third kappa shape index (κ3) is 7.57. The van der Waals surface area contributed by atoms with Crippen molar-refractivity contribution in [2.45, 2.75) is 25.3 Å². The van der Waals surface area contributed by atoms with Crippen LogP contribution in [0.3, 0.4) is 0 Å². The average Bonchev–Trinajstić information content (AvgIpc) is 3.45. The first kappa shape index (κ1) is 32.1. The molecule has 0 radical (unpaired) electrons. The van der Waals surface area contributed by atoms with Crippen molar-refractivity contribution in [3.05, 3.63) is 94.7 Å². The minimum atomic E-state index is -1.24. The second kappa shape index (κ2) is 14.6. The molecule has 230 valence electrons. The van der Waals surface area contributed by atoms with Crippen LogP contribution in [0.4, 0.5) is 16.5 Å². The van der Waals surface area contributed by atoms with Crippen molar-refractivity contribution in [2.24, 2.45) is 5.16 Å². The van der Waals surface area contributed by atoms with E-state index in [-0.39, 0.29) is 22.2 Å². The Bertz CT molecular complexity index is 1540. The molecule has 14 heteroatoms. The summed E-state index contributed by atoms with van der Waals surface area (Å²) >= 11 is 2.37. The Morgan fingerprint density at radius 2 is 1.66 bits per heavy atom. The highest BCUT2D eigenvalue weighted by Gasteiger charge is 2.54. The smallest absolute Gasteiger partial charge is 0.352 e. The first-order valence-corrected chi connectivity index (χ1v) is 15.4. The Morgan fingerprint density at radius 1 is 1.09 bits per heavy atom. The summed E-state index contributed by atoms with van der Waals surface area (Å²) in [5.74, 6) is -2.27. The van der Waals surface area contributed by atoms with Gasteiger partial charge in [-0.05, 0) is 43.7 Å². The predicted molar refractivity (Wildman–Crippen MR) is 174 cm³/mol. The number of allylic oxidation sites excluding steroid dienone is 1. The van der Waals surface area contributed by atoms with Gasteiger partial charge in [0.15, 0.2) is 10.8 Å². The molecule has 0 saturated carbocycles. The molecule has 2 aromatic carbocycles. The van der Waals surface area contributed by atoms with E-state index < -0.39 is 29.2 Å². The first-order chi connectivity index (χ1) is 21.1. The summed E-state index contributed by atoms with van der Waals surface area (Å²) in [7, 11) is 0. The molecule has 0 unspecified atom stereocenters. The van der Waals surface area contributed by atoms with E-state index >= 15 is 0 Å². The molecule has 3 aromatic rings. The van der Waals surface area contributed by atoms with Crippen LogP contribution in [-0.2, 0) is 14.4 Å². The number of thioether (sulfide) groups is 1. The SMILES string of the molecule is C=CC1=C(C(=O)O)N2C(=O)[C@@H](NC(=O)/C(=N\O)c3csc(N)n3)[C@H]2SC1.Cc1ccc(NCCNc2ccc(C)cc2)cc1. The largest absolute Gasteiger partial charge is 0.477 e. The Kier molecular flexibility index (Phi) is 10.6. The fraction of sp³-hybridized carbons (Fsp3) is 0.233. The van der Waals surface area contributed by atoms with Gasteiger partial charge in [0.05, 0.1) is 0 Å². The molecule has 3 heterocycles. The number of rotatable bonds is 10. The highest BCUT2D eigenvalue weighted by Crippen LogP contribution is 2.40. The Morgan fingerprint density at radius 3 is 2.11 bits per heavy atom. The molecular formula is C30H33N7O5S2. The van der Waals surface area contributed by atoms with Crippen LogP contribution in [0.15, 0.2) is 83.0 Å². The number of aryl methyl sites for hydroxylation is 2. The number of nitrogen functional groups attached to an aromatic ring is 1. The number of carbonyl (C=O) groups excluding carboxylic acids is 2. The van der Waals surface area contributed by atoms with E-state index in [4.69, 9.17) is 10.9 Å². The number of amides is 2. The number of thiazole rings is 1. The molecule has 2 aliphatic heterocycles. The molecule has 2 amide bonds. The summed E-state index contributed by atoms with van der Waals surface area (Å²) in [6.45, 7) is 9.59.